The van der Waals surface area contributed by atoms with Gasteiger partial charge >= 0.3 is 0 Å². The molecule has 2 rings (SSSR count). The average molecular weight is 353 g/mol. The van der Waals surface area contributed by atoms with Crippen molar-refractivity contribution < 1.29 is 8.42 Å². The molecule has 0 aliphatic rings. The van der Waals surface area contributed by atoms with Gasteiger partial charge in [-0.2, -0.15) is 0 Å². The third-order valence-corrected chi connectivity index (χ3v) is 4.37. The Morgan fingerprint density at radius 3 is 2.20 bits per heavy atom. The topological polar surface area (TPSA) is 58.2 Å². The Labute approximate surface area is 126 Å². The van der Waals surface area contributed by atoms with Gasteiger partial charge in [0.2, 0.25) is 0 Å². The number of hydrogen-bond acceptors (Lipinski definition) is 3. The molecule has 0 amide bonds. The first-order valence-corrected chi connectivity index (χ1v) is 8.04. The fourth-order valence-electron chi connectivity index (χ4n) is 1.51. The molecule has 0 atom stereocenters. The predicted molar refractivity (Wildman–Crippen MR) is 83.1 cm³/mol. The van der Waals surface area contributed by atoms with E-state index in [9.17, 15) is 8.42 Å². The van der Waals surface area contributed by atoms with Gasteiger partial charge < -0.3 is 5.43 Å². The summed E-state index contributed by atoms with van der Waals surface area (Å²) in [6.07, 6.45) is 0. The minimum absolute atomic E-state index is 0.191. The Kier molecular flexibility index (Phi) is 4.59. The SMILES string of the molecule is C=C(NNS(=O)(=O)c1ccccc1)c1ccc(Br)cc1. The molecule has 0 radical (unpaired) electrons. The van der Waals surface area contributed by atoms with Crippen molar-refractivity contribution in [3.05, 3.63) is 71.2 Å². The van der Waals surface area contributed by atoms with Gasteiger partial charge in [-0.1, -0.05) is 52.8 Å². The van der Waals surface area contributed by atoms with Gasteiger partial charge in [0.15, 0.2) is 0 Å². The molecule has 6 heteroatoms. The van der Waals surface area contributed by atoms with E-state index in [-0.39, 0.29) is 4.90 Å². The number of rotatable bonds is 5. The van der Waals surface area contributed by atoms with Gasteiger partial charge in [-0.25, -0.2) is 8.42 Å². The highest BCUT2D eigenvalue weighted by Gasteiger charge is 2.12. The van der Waals surface area contributed by atoms with E-state index in [4.69, 9.17) is 0 Å². The maximum absolute atomic E-state index is 12.0. The van der Waals surface area contributed by atoms with Crippen molar-refractivity contribution in [2.75, 3.05) is 0 Å². The summed E-state index contributed by atoms with van der Waals surface area (Å²) < 4.78 is 24.9. The second kappa shape index (κ2) is 6.21. The Morgan fingerprint density at radius 1 is 1.00 bits per heavy atom. The number of halogens is 1. The van der Waals surface area contributed by atoms with Gasteiger partial charge in [-0.3, -0.25) is 0 Å². The third-order valence-electron chi connectivity index (χ3n) is 2.58. The summed E-state index contributed by atoms with van der Waals surface area (Å²) in [4.78, 5) is 2.49. The molecular formula is C14H13BrN2O2S. The van der Waals surface area contributed by atoms with Gasteiger partial charge in [-0.05, 0) is 29.8 Å². The summed E-state index contributed by atoms with van der Waals surface area (Å²) in [5.41, 5.74) is 3.87. The van der Waals surface area contributed by atoms with Gasteiger partial charge in [0.1, 0.15) is 0 Å². The first-order valence-electron chi connectivity index (χ1n) is 5.77. The number of nitrogens with one attached hydrogen (secondary N) is 2. The molecule has 0 saturated carbocycles. The molecule has 0 unspecified atom stereocenters. The molecule has 2 N–H and O–H groups in total. The lowest BCUT2D eigenvalue weighted by atomic mass is 10.2. The highest BCUT2D eigenvalue weighted by molar-refractivity contribution is 9.10. The van der Waals surface area contributed by atoms with Gasteiger partial charge in [0, 0.05) is 10.2 Å². The molecule has 0 spiro atoms. The Balaban J connectivity index is 2.05. The van der Waals surface area contributed by atoms with Crippen LogP contribution in [0.5, 0.6) is 0 Å². The maximum Gasteiger partial charge on any atom is 0.257 e. The van der Waals surface area contributed by atoms with Crippen LogP contribution in [-0.2, 0) is 10.0 Å². The molecule has 2 aromatic carbocycles. The lowest BCUT2D eigenvalue weighted by Crippen LogP contribution is -2.35. The van der Waals surface area contributed by atoms with Crippen LogP contribution < -0.4 is 10.3 Å². The zero-order valence-corrected chi connectivity index (χ0v) is 12.9. The minimum Gasteiger partial charge on any atom is -0.308 e. The molecule has 0 aromatic heterocycles. The van der Waals surface area contributed by atoms with Gasteiger partial charge in [-0.15, -0.1) is 4.83 Å². The van der Waals surface area contributed by atoms with E-state index < -0.39 is 10.0 Å². The van der Waals surface area contributed by atoms with Crippen LogP contribution in [0.2, 0.25) is 0 Å². The van der Waals surface area contributed by atoms with Crippen molar-refractivity contribution in [1.82, 2.24) is 10.3 Å². The molecule has 0 heterocycles. The van der Waals surface area contributed by atoms with E-state index in [1.165, 1.54) is 12.1 Å². The lowest BCUT2D eigenvalue weighted by molar-refractivity contribution is 0.576. The number of sulfonamides is 1. The first-order chi connectivity index (χ1) is 9.49. The monoisotopic (exact) mass is 352 g/mol. The third kappa shape index (κ3) is 3.69. The maximum atomic E-state index is 12.0. The summed E-state index contributed by atoms with van der Waals surface area (Å²) in [5.74, 6) is 0. The van der Waals surface area contributed by atoms with Crippen molar-refractivity contribution in [3.63, 3.8) is 0 Å². The van der Waals surface area contributed by atoms with E-state index >= 15 is 0 Å². The van der Waals surface area contributed by atoms with Crippen LogP contribution in [0.15, 0.2) is 70.5 Å². The largest absolute Gasteiger partial charge is 0.308 e. The molecule has 0 aliphatic heterocycles. The summed E-state index contributed by atoms with van der Waals surface area (Å²) in [7, 11) is -3.60. The van der Waals surface area contributed by atoms with Crippen molar-refractivity contribution >= 4 is 31.7 Å². The number of hydrogen-bond donors (Lipinski definition) is 2. The summed E-state index contributed by atoms with van der Waals surface area (Å²) in [5, 5.41) is 0. The molecule has 0 saturated heterocycles. The van der Waals surface area contributed by atoms with E-state index in [0.717, 1.165) is 10.0 Å². The lowest BCUT2D eigenvalue weighted by Gasteiger charge is -2.11. The van der Waals surface area contributed by atoms with E-state index in [2.05, 4.69) is 32.8 Å². The predicted octanol–water partition coefficient (Wildman–Crippen LogP) is 2.90. The molecule has 0 aliphatic carbocycles. The zero-order chi connectivity index (χ0) is 14.6. The molecule has 0 fully saturated rings. The fraction of sp³-hybridized carbons (Fsp3) is 0. The summed E-state index contributed by atoms with van der Waals surface area (Å²) in [6, 6.07) is 15.5. The summed E-state index contributed by atoms with van der Waals surface area (Å²) >= 11 is 3.33. The number of hydrazine groups is 1. The zero-order valence-electron chi connectivity index (χ0n) is 10.5. The Morgan fingerprint density at radius 2 is 1.60 bits per heavy atom. The van der Waals surface area contributed by atoms with Crippen LogP contribution in [0, 0.1) is 0 Å². The normalized spacial score (nSPS) is 11.1. The fourth-order valence-corrected chi connectivity index (χ4v) is 2.67. The highest BCUT2D eigenvalue weighted by atomic mass is 79.9. The van der Waals surface area contributed by atoms with Crippen LogP contribution in [0.4, 0.5) is 0 Å². The van der Waals surface area contributed by atoms with Crippen molar-refractivity contribution in [2.45, 2.75) is 4.90 Å². The van der Waals surface area contributed by atoms with E-state index in [1.54, 1.807) is 18.2 Å². The molecule has 0 bridgehead atoms. The summed E-state index contributed by atoms with van der Waals surface area (Å²) in [6.45, 7) is 3.80. The molecule has 2 aromatic rings. The standard InChI is InChI=1S/C14H13BrN2O2S/c1-11(12-7-9-13(15)10-8-12)16-17-20(18,19)14-5-3-2-4-6-14/h2-10,16-17H,1H2. The van der Waals surface area contributed by atoms with Crippen LogP contribution in [0.1, 0.15) is 5.56 Å². The van der Waals surface area contributed by atoms with Crippen molar-refractivity contribution in [1.29, 1.82) is 0 Å². The van der Waals surface area contributed by atoms with E-state index in [0.29, 0.717) is 5.70 Å². The average Bonchev–Trinajstić information content (AvgIpc) is 2.46. The Hall–Kier alpha value is -1.63. The second-order valence-electron chi connectivity index (χ2n) is 4.03. The van der Waals surface area contributed by atoms with Crippen molar-refractivity contribution in [3.8, 4) is 0 Å². The van der Waals surface area contributed by atoms with Crippen LogP contribution in [-0.4, -0.2) is 8.42 Å². The molecule has 4 nitrogen and oxygen atoms in total. The van der Waals surface area contributed by atoms with Crippen LogP contribution >= 0.6 is 15.9 Å². The van der Waals surface area contributed by atoms with Gasteiger partial charge in [0.05, 0.1) is 4.90 Å². The van der Waals surface area contributed by atoms with E-state index in [1.807, 2.05) is 24.3 Å². The Bertz CT molecular complexity index is 698. The van der Waals surface area contributed by atoms with Crippen LogP contribution in [0.3, 0.4) is 0 Å². The van der Waals surface area contributed by atoms with Gasteiger partial charge in [0.25, 0.3) is 10.0 Å². The first kappa shape index (κ1) is 14.8. The second-order valence-corrected chi connectivity index (χ2v) is 6.63. The van der Waals surface area contributed by atoms with Crippen LogP contribution in [0.25, 0.3) is 5.70 Å². The number of benzene rings is 2. The minimum atomic E-state index is -3.60. The van der Waals surface area contributed by atoms with Crippen molar-refractivity contribution in [2.24, 2.45) is 0 Å². The highest BCUT2D eigenvalue weighted by Crippen LogP contribution is 2.15. The smallest absolute Gasteiger partial charge is 0.257 e. The molecule has 20 heavy (non-hydrogen) atoms. The quantitative estimate of drug-likeness (QED) is 0.813. The molecule has 104 valence electrons. The molecular weight excluding hydrogens is 340 g/mol.